The number of halogens is 1. The molecule has 0 saturated heterocycles. The maximum atomic E-state index is 11.3. The zero-order valence-electron chi connectivity index (χ0n) is 15.2. The number of rotatable bonds is 6. The monoisotopic (exact) mass is 468 g/mol. The van der Waals surface area contributed by atoms with Crippen molar-refractivity contribution in [3.05, 3.63) is 80.8 Å². The summed E-state index contributed by atoms with van der Waals surface area (Å²) in [6, 6.07) is 14.9. The first-order valence-electron chi connectivity index (χ1n) is 8.73. The van der Waals surface area contributed by atoms with Gasteiger partial charge in [0.15, 0.2) is 5.58 Å². The number of nitrogens with zero attached hydrogens (tertiary/aromatic N) is 2. The Morgan fingerprint density at radius 2 is 1.97 bits per heavy atom. The molecule has 0 bridgehead atoms. The van der Waals surface area contributed by atoms with Crippen LogP contribution in [-0.2, 0) is 4.79 Å². The third kappa shape index (κ3) is 4.01. The van der Waals surface area contributed by atoms with Crippen LogP contribution in [0.25, 0.3) is 34.1 Å². The number of hydrogen-bond acceptors (Lipinski definition) is 6. The minimum absolute atomic E-state index is 0.0444. The molecule has 0 spiro atoms. The van der Waals surface area contributed by atoms with E-state index in [0.717, 1.165) is 0 Å². The molecule has 0 aliphatic rings. The molecule has 4 aromatic rings. The van der Waals surface area contributed by atoms with Gasteiger partial charge in [-0.25, -0.2) is 4.98 Å². The average Bonchev–Trinajstić information content (AvgIpc) is 3.33. The van der Waals surface area contributed by atoms with Crippen molar-refractivity contribution >= 4 is 50.3 Å². The molecular formula is C21H13BrN2O6. The number of carbonyl (C=O) groups is 1. The highest BCUT2D eigenvalue weighted by Gasteiger charge is 2.17. The molecule has 0 unspecified atom stereocenters. The number of nitro benzene ring substituents is 1. The van der Waals surface area contributed by atoms with Crippen LogP contribution in [0.1, 0.15) is 18.1 Å². The van der Waals surface area contributed by atoms with Gasteiger partial charge < -0.3 is 13.9 Å². The van der Waals surface area contributed by atoms with E-state index in [4.69, 9.17) is 8.83 Å². The van der Waals surface area contributed by atoms with E-state index in [0.29, 0.717) is 38.2 Å². The van der Waals surface area contributed by atoms with Crippen molar-refractivity contribution < 1.29 is 23.7 Å². The number of oxazole rings is 1. The van der Waals surface area contributed by atoms with E-state index in [9.17, 15) is 20.0 Å². The van der Waals surface area contributed by atoms with Gasteiger partial charge in [-0.1, -0.05) is 12.1 Å². The zero-order chi connectivity index (χ0) is 21.3. The molecule has 0 aliphatic carbocycles. The number of hydrogen-bond donors (Lipinski definition) is 1. The zero-order valence-corrected chi connectivity index (χ0v) is 16.8. The Morgan fingerprint density at radius 3 is 2.67 bits per heavy atom. The highest BCUT2D eigenvalue weighted by Crippen LogP contribution is 2.34. The van der Waals surface area contributed by atoms with E-state index >= 15 is 0 Å². The number of non-ortho nitro benzene ring substituents is 1. The lowest BCUT2D eigenvalue weighted by Crippen LogP contribution is -1.97. The molecule has 0 fully saturated rings. The molecule has 0 saturated carbocycles. The van der Waals surface area contributed by atoms with Crippen LogP contribution < -0.4 is 0 Å². The lowest BCUT2D eigenvalue weighted by Gasteiger charge is -2.01. The number of carboxylic acids is 1. The Labute approximate surface area is 177 Å². The van der Waals surface area contributed by atoms with E-state index < -0.39 is 10.9 Å². The molecule has 0 atom stereocenters. The summed E-state index contributed by atoms with van der Waals surface area (Å²) in [5.41, 5.74) is 2.11. The fraction of sp³-hybridized carbons (Fsp3) is 0.0476. The number of benzene rings is 2. The van der Waals surface area contributed by atoms with Crippen LogP contribution in [0.2, 0.25) is 0 Å². The van der Waals surface area contributed by atoms with Gasteiger partial charge in [0.2, 0.25) is 5.89 Å². The Balaban J connectivity index is 1.71. The van der Waals surface area contributed by atoms with Crippen LogP contribution in [0, 0.1) is 10.1 Å². The van der Waals surface area contributed by atoms with Crippen molar-refractivity contribution in [2.24, 2.45) is 0 Å². The van der Waals surface area contributed by atoms with Crippen LogP contribution in [0.5, 0.6) is 0 Å². The SMILES string of the molecule is O=C(O)C/C(=C/c1ccc(-c2ccc([N+](=O)[O-])cc2Br)o1)c1nc2ccccc2o1. The second-order valence-corrected chi connectivity index (χ2v) is 7.20. The van der Waals surface area contributed by atoms with E-state index in [1.165, 1.54) is 12.1 Å². The fourth-order valence-electron chi connectivity index (χ4n) is 2.93. The fourth-order valence-corrected chi connectivity index (χ4v) is 3.49. The second-order valence-electron chi connectivity index (χ2n) is 6.35. The number of aliphatic carboxylic acids is 1. The maximum Gasteiger partial charge on any atom is 0.308 e. The summed E-state index contributed by atoms with van der Waals surface area (Å²) in [6.07, 6.45) is 1.26. The lowest BCUT2D eigenvalue weighted by atomic mass is 10.1. The molecule has 0 aliphatic heterocycles. The summed E-state index contributed by atoms with van der Waals surface area (Å²) in [4.78, 5) is 26.1. The molecule has 8 nitrogen and oxygen atoms in total. The summed E-state index contributed by atoms with van der Waals surface area (Å²) in [6.45, 7) is 0. The second kappa shape index (κ2) is 7.96. The minimum Gasteiger partial charge on any atom is -0.481 e. The van der Waals surface area contributed by atoms with Crippen LogP contribution in [0.15, 0.2) is 67.9 Å². The van der Waals surface area contributed by atoms with Crippen molar-refractivity contribution in [1.82, 2.24) is 4.98 Å². The molecule has 4 rings (SSSR count). The van der Waals surface area contributed by atoms with Gasteiger partial charge in [0.05, 0.1) is 11.3 Å². The standard InChI is InChI=1S/C21H13BrN2O6/c22-16-11-13(24(27)28)5-7-15(16)18-8-6-14(29-18)9-12(10-20(25)26)21-23-17-3-1-2-4-19(17)30-21/h1-9,11H,10H2,(H,25,26)/b12-9-. The van der Waals surface area contributed by atoms with Gasteiger partial charge in [0.25, 0.3) is 5.69 Å². The summed E-state index contributed by atoms with van der Waals surface area (Å²) < 4.78 is 12.0. The Morgan fingerprint density at radius 1 is 1.17 bits per heavy atom. The number of furan rings is 1. The molecule has 0 radical (unpaired) electrons. The van der Waals surface area contributed by atoms with Crippen LogP contribution in [-0.4, -0.2) is 21.0 Å². The summed E-state index contributed by atoms with van der Waals surface area (Å²) >= 11 is 3.32. The van der Waals surface area contributed by atoms with Crippen LogP contribution in [0.4, 0.5) is 5.69 Å². The third-order valence-electron chi connectivity index (χ3n) is 4.28. The number of aromatic nitrogens is 1. The van der Waals surface area contributed by atoms with Gasteiger partial charge in [0.1, 0.15) is 17.0 Å². The van der Waals surface area contributed by atoms with E-state index in [-0.39, 0.29) is 18.0 Å². The molecule has 2 heterocycles. The van der Waals surface area contributed by atoms with Gasteiger partial charge >= 0.3 is 5.97 Å². The third-order valence-corrected chi connectivity index (χ3v) is 4.94. The van der Waals surface area contributed by atoms with Gasteiger partial charge in [-0.05, 0) is 52.3 Å². The van der Waals surface area contributed by atoms with Crippen LogP contribution in [0.3, 0.4) is 0 Å². The van der Waals surface area contributed by atoms with Crippen molar-refractivity contribution in [2.75, 3.05) is 0 Å². The summed E-state index contributed by atoms with van der Waals surface area (Å²) in [5.74, 6) is 0.0329. The molecule has 1 N–H and O–H groups in total. The van der Waals surface area contributed by atoms with E-state index in [1.54, 1.807) is 42.5 Å². The van der Waals surface area contributed by atoms with Gasteiger partial charge in [0, 0.05) is 27.7 Å². The minimum atomic E-state index is -1.03. The highest BCUT2D eigenvalue weighted by molar-refractivity contribution is 9.10. The molecule has 150 valence electrons. The van der Waals surface area contributed by atoms with Gasteiger partial charge in [-0.3, -0.25) is 14.9 Å². The first-order chi connectivity index (χ1) is 14.4. The summed E-state index contributed by atoms with van der Waals surface area (Å²) in [5, 5.41) is 20.2. The lowest BCUT2D eigenvalue weighted by molar-refractivity contribution is -0.384. The molecule has 2 aromatic heterocycles. The molecule has 9 heteroatoms. The number of nitro groups is 1. The Kier molecular flexibility index (Phi) is 5.20. The van der Waals surface area contributed by atoms with Crippen LogP contribution >= 0.6 is 15.9 Å². The van der Waals surface area contributed by atoms with E-state index in [2.05, 4.69) is 20.9 Å². The summed E-state index contributed by atoms with van der Waals surface area (Å²) in [7, 11) is 0. The molecular weight excluding hydrogens is 456 g/mol. The molecule has 0 amide bonds. The van der Waals surface area contributed by atoms with Crippen molar-refractivity contribution in [3.8, 4) is 11.3 Å². The maximum absolute atomic E-state index is 11.3. The van der Waals surface area contributed by atoms with Gasteiger partial charge in [-0.2, -0.15) is 0 Å². The smallest absolute Gasteiger partial charge is 0.308 e. The average molecular weight is 469 g/mol. The normalized spacial score (nSPS) is 11.7. The van der Waals surface area contributed by atoms with E-state index in [1.807, 2.05) is 6.07 Å². The topological polar surface area (TPSA) is 120 Å². The largest absolute Gasteiger partial charge is 0.481 e. The number of para-hydroxylation sites is 2. The van der Waals surface area contributed by atoms with Crippen molar-refractivity contribution in [2.45, 2.75) is 6.42 Å². The predicted octanol–water partition coefficient (Wildman–Crippen LogP) is 5.77. The molecule has 2 aromatic carbocycles. The predicted molar refractivity (Wildman–Crippen MR) is 113 cm³/mol. The molecule has 30 heavy (non-hydrogen) atoms. The number of fused-ring (bicyclic) bond motifs is 1. The first-order valence-corrected chi connectivity index (χ1v) is 9.52. The number of carboxylic acid groups (broad SMARTS) is 1. The van der Waals surface area contributed by atoms with Gasteiger partial charge in [-0.15, -0.1) is 0 Å². The van der Waals surface area contributed by atoms with Crippen molar-refractivity contribution in [1.29, 1.82) is 0 Å². The Bertz CT molecular complexity index is 1270. The first kappa shape index (κ1) is 19.6. The Hall–Kier alpha value is -3.72. The highest BCUT2D eigenvalue weighted by atomic mass is 79.9. The van der Waals surface area contributed by atoms with Crippen molar-refractivity contribution in [3.63, 3.8) is 0 Å². The quantitative estimate of drug-likeness (QED) is 0.281.